The van der Waals surface area contributed by atoms with Crippen LogP contribution < -0.4 is 0 Å². The van der Waals surface area contributed by atoms with Gasteiger partial charge in [-0.05, 0) is 37.1 Å². The number of hydrogen-bond acceptors (Lipinski definition) is 5. The molecule has 0 amide bonds. The summed E-state index contributed by atoms with van der Waals surface area (Å²) in [5, 5.41) is 7.98. The minimum absolute atomic E-state index is 0.0535. The van der Waals surface area contributed by atoms with Gasteiger partial charge in [0.05, 0.1) is 18.8 Å². The van der Waals surface area contributed by atoms with Gasteiger partial charge in [-0.2, -0.15) is 18.3 Å². The molecule has 1 atom stereocenters. The van der Waals surface area contributed by atoms with Crippen LogP contribution >= 0.6 is 0 Å². The second-order valence-corrected chi connectivity index (χ2v) is 6.53. The Balaban J connectivity index is 1.68. The van der Waals surface area contributed by atoms with Crippen molar-refractivity contribution in [2.45, 2.75) is 45.1 Å². The Morgan fingerprint density at radius 3 is 1.89 bits per heavy atom. The highest BCUT2D eigenvalue weighted by molar-refractivity contribution is 5.24. The molecule has 0 aromatic heterocycles. The standard InChI is InChI=1S/C19H19F3N2O3/c1-17(2)23-24-19(27-17,25-12-14-6-4-3-5-7-14)26-13-15-8-10-16(11-9-15)18(20,21)22/h3-11H,12-13H2,1-2H3. The van der Waals surface area contributed by atoms with E-state index in [1.54, 1.807) is 13.8 Å². The van der Waals surface area contributed by atoms with Crippen LogP contribution in [0, 0.1) is 0 Å². The molecule has 0 aliphatic carbocycles. The van der Waals surface area contributed by atoms with Gasteiger partial charge in [-0.3, -0.25) is 4.74 Å². The van der Waals surface area contributed by atoms with E-state index in [1.807, 2.05) is 30.3 Å². The summed E-state index contributed by atoms with van der Waals surface area (Å²) in [7, 11) is 0. The van der Waals surface area contributed by atoms with Gasteiger partial charge in [0.25, 0.3) is 0 Å². The summed E-state index contributed by atoms with van der Waals surface area (Å²) in [5.41, 5.74) is -0.247. The summed E-state index contributed by atoms with van der Waals surface area (Å²) in [4.78, 5) is 0. The van der Waals surface area contributed by atoms with Gasteiger partial charge < -0.3 is 9.47 Å². The Morgan fingerprint density at radius 2 is 1.41 bits per heavy atom. The maximum atomic E-state index is 12.7. The Morgan fingerprint density at radius 1 is 0.852 bits per heavy atom. The van der Waals surface area contributed by atoms with Crippen LogP contribution in [0.1, 0.15) is 30.5 Å². The lowest BCUT2D eigenvalue weighted by molar-refractivity contribution is -0.393. The number of azo groups is 1. The molecule has 1 unspecified atom stereocenters. The number of benzene rings is 2. The van der Waals surface area contributed by atoms with Gasteiger partial charge in [-0.15, -0.1) is 0 Å². The lowest BCUT2D eigenvalue weighted by atomic mass is 10.1. The summed E-state index contributed by atoms with van der Waals surface area (Å²) in [6.07, 6.45) is -6.13. The van der Waals surface area contributed by atoms with Crippen molar-refractivity contribution >= 4 is 0 Å². The molecule has 5 nitrogen and oxygen atoms in total. The highest BCUT2D eigenvalue weighted by Gasteiger charge is 2.46. The van der Waals surface area contributed by atoms with Crippen LogP contribution in [-0.2, 0) is 33.6 Å². The molecular weight excluding hydrogens is 361 g/mol. The van der Waals surface area contributed by atoms with Crippen molar-refractivity contribution in [2.24, 2.45) is 10.2 Å². The predicted octanol–water partition coefficient (Wildman–Crippen LogP) is 5.27. The first-order chi connectivity index (χ1) is 12.7. The number of rotatable bonds is 6. The highest BCUT2D eigenvalue weighted by atomic mass is 19.4. The third-order valence-electron chi connectivity index (χ3n) is 3.76. The zero-order valence-electron chi connectivity index (χ0n) is 14.9. The zero-order chi connectivity index (χ0) is 19.5. The van der Waals surface area contributed by atoms with Crippen LogP contribution in [0.5, 0.6) is 0 Å². The minimum atomic E-state index is -4.38. The number of ether oxygens (including phenoxy) is 3. The maximum absolute atomic E-state index is 12.7. The van der Waals surface area contributed by atoms with Crippen molar-refractivity contribution in [3.8, 4) is 0 Å². The van der Waals surface area contributed by atoms with E-state index in [-0.39, 0.29) is 13.2 Å². The van der Waals surface area contributed by atoms with E-state index < -0.39 is 23.6 Å². The molecule has 1 aliphatic rings. The lowest BCUT2D eigenvalue weighted by Gasteiger charge is -2.27. The van der Waals surface area contributed by atoms with Gasteiger partial charge in [0.1, 0.15) is 0 Å². The van der Waals surface area contributed by atoms with Gasteiger partial charge in [0, 0.05) is 0 Å². The van der Waals surface area contributed by atoms with Crippen molar-refractivity contribution < 1.29 is 27.4 Å². The number of nitrogens with zero attached hydrogens (tertiary/aromatic N) is 2. The maximum Gasteiger partial charge on any atom is 0.416 e. The smallest absolute Gasteiger partial charge is 0.302 e. The van der Waals surface area contributed by atoms with Gasteiger partial charge in [0.2, 0.25) is 0 Å². The molecular formula is C19H19F3N2O3. The molecule has 3 rings (SSSR count). The largest absolute Gasteiger partial charge is 0.416 e. The van der Waals surface area contributed by atoms with Gasteiger partial charge in [-0.1, -0.05) is 47.6 Å². The van der Waals surface area contributed by atoms with E-state index in [0.717, 1.165) is 17.7 Å². The monoisotopic (exact) mass is 380 g/mol. The first-order valence-electron chi connectivity index (χ1n) is 8.30. The van der Waals surface area contributed by atoms with E-state index in [9.17, 15) is 13.2 Å². The Bertz CT molecular complexity index is 792. The zero-order valence-corrected chi connectivity index (χ0v) is 14.9. The van der Waals surface area contributed by atoms with Crippen LogP contribution in [0.2, 0.25) is 0 Å². The second-order valence-electron chi connectivity index (χ2n) is 6.53. The topological polar surface area (TPSA) is 52.4 Å². The van der Waals surface area contributed by atoms with Gasteiger partial charge in [0.15, 0.2) is 5.72 Å². The van der Waals surface area contributed by atoms with E-state index in [2.05, 4.69) is 10.2 Å². The molecule has 0 fully saturated rings. The van der Waals surface area contributed by atoms with Crippen LogP contribution in [0.25, 0.3) is 0 Å². The summed E-state index contributed by atoms with van der Waals surface area (Å²) in [5.74, 6) is 0. The molecule has 1 aliphatic heterocycles. The fourth-order valence-electron chi connectivity index (χ4n) is 2.41. The van der Waals surface area contributed by atoms with E-state index in [0.29, 0.717) is 5.56 Å². The molecule has 27 heavy (non-hydrogen) atoms. The molecule has 2 aromatic carbocycles. The summed E-state index contributed by atoms with van der Waals surface area (Å²) in [6, 6.07) is 14.0. The molecule has 0 saturated heterocycles. The molecule has 2 aromatic rings. The Labute approximate surface area is 154 Å². The van der Waals surface area contributed by atoms with E-state index in [1.165, 1.54) is 12.1 Å². The Hall–Kier alpha value is -2.29. The average molecular weight is 380 g/mol. The third-order valence-corrected chi connectivity index (χ3v) is 3.76. The van der Waals surface area contributed by atoms with Crippen molar-refractivity contribution in [1.82, 2.24) is 0 Å². The fourth-order valence-corrected chi connectivity index (χ4v) is 2.41. The predicted molar refractivity (Wildman–Crippen MR) is 90.2 cm³/mol. The SMILES string of the molecule is CC1(C)N=NC(OCc2ccccc2)(OCc2ccc(C(F)(F)F)cc2)O1. The van der Waals surface area contributed by atoms with Crippen LogP contribution in [0.4, 0.5) is 13.2 Å². The summed E-state index contributed by atoms with van der Waals surface area (Å²) >= 11 is 0. The molecule has 0 N–H and O–H groups in total. The van der Waals surface area contributed by atoms with Crippen molar-refractivity contribution in [3.05, 3.63) is 71.3 Å². The summed E-state index contributed by atoms with van der Waals surface area (Å²) in [6.45, 7) is 3.52. The average Bonchev–Trinajstić information content (AvgIpc) is 2.94. The molecule has 0 saturated carbocycles. The second kappa shape index (κ2) is 7.38. The molecule has 0 spiro atoms. The molecule has 8 heteroatoms. The van der Waals surface area contributed by atoms with Crippen molar-refractivity contribution in [1.29, 1.82) is 0 Å². The molecule has 0 bridgehead atoms. The van der Waals surface area contributed by atoms with Crippen LogP contribution in [0.15, 0.2) is 64.8 Å². The minimum Gasteiger partial charge on any atom is -0.302 e. The molecule has 144 valence electrons. The Kier molecular flexibility index (Phi) is 5.32. The van der Waals surface area contributed by atoms with E-state index in [4.69, 9.17) is 14.2 Å². The fraction of sp³-hybridized carbons (Fsp3) is 0.368. The highest BCUT2D eigenvalue weighted by Crippen LogP contribution is 2.35. The lowest BCUT2D eigenvalue weighted by Crippen LogP contribution is -2.38. The molecule has 1 heterocycles. The third kappa shape index (κ3) is 5.12. The number of hydrogen-bond donors (Lipinski definition) is 0. The normalized spacial score (nSPS) is 21.5. The number of alkyl halides is 3. The van der Waals surface area contributed by atoms with Gasteiger partial charge >= 0.3 is 12.3 Å². The quantitative estimate of drug-likeness (QED) is 0.642. The first-order valence-corrected chi connectivity index (χ1v) is 8.30. The summed E-state index contributed by atoms with van der Waals surface area (Å²) < 4.78 is 55.1. The molecule has 0 radical (unpaired) electrons. The number of halogens is 3. The van der Waals surface area contributed by atoms with E-state index >= 15 is 0 Å². The van der Waals surface area contributed by atoms with Crippen LogP contribution in [-0.4, -0.2) is 11.8 Å². The van der Waals surface area contributed by atoms with Crippen LogP contribution in [0.3, 0.4) is 0 Å². The van der Waals surface area contributed by atoms with Gasteiger partial charge in [-0.25, -0.2) is 0 Å². The van der Waals surface area contributed by atoms with Crippen molar-refractivity contribution in [2.75, 3.05) is 0 Å². The first kappa shape index (κ1) is 19.5. The van der Waals surface area contributed by atoms with Crippen molar-refractivity contribution in [3.63, 3.8) is 0 Å².